The summed E-state index contributed by atoms with van der Waals surface area (Å²) in [6.45, 7) is 3.16. The molecule has 0 aliphatic rings. The summed E-state index contributed by atoms with van der Waals surface area (Å²) in [4.78, 5) is 0. The van der Waals surface area contributed by atoms with Gasteiger partial charge >= 0.3 is 0 Å². The molecule has 1 atom stereocenters. The van der Waals surface area contributed by atoms with Crippen LogP contribution in [0.2, 0.25) is 0 Å². The van der Waals surface area contributed by atoms with Crippen molar-refractivity contribution in [2.24, 2.45) is 0 Å². The Morgan fingerprint density at radius 1 is 1.00 bits per heavy atom. The van der Waals surface area contributed by atoms with Crippen LogP contribution in [0.4, 0.5) is 4.39 Å². The molecule has 0 saturated heterocycles. The maximum absolute atomic E-state index is 12.2. The summed E-state index contributed by atoms with van der Waals surface area (Å²) in [5.74, 6) is 0. The topological polar surface area (TPSA) is 20.2 Å². The van der Waals surface area contributed by atoms with Gasteiger partial charge in [-0.15, -0.1) is 0 Å². The van der Waals surface area contributed by atoms with Gasteiger partial charge in [0.15, 0.2) is 0 Å². The molecule has 0 aromatic rings. The summed E-state index contributed by atoms with van der Waals surface area (Å²) >= 11 is 0. The minimum Gasteiger partial charge on any atom is -0.387 e. The molecule has 0 fully saturated rings. The van der Waals surface area contributed by atoms with Crippen LogP contribution in [0.1, 0.15) is 65.2 Å². The fourth-order valence-electron chi connectivity index (χ4n) is 1.53. The third kappa shape index (κ3) is 8.49. The molecule has 0 saturated carbocycles. The Hall–Kier alpha value is -0.110. The lowest BCUT2D eigenvalue weighted by atomic mass is 9.99. The number of aliphatic hydroxyl groups is 1. The standard InChI is InChI=1S/C12H25FO/c1-3-4-5-6-7-8-9-10-12(2,14)11-13/h14H,3-11H2,1-2H3. The zero-order valence-electron chi connectivity index (χ0n) is 9.69. The summed E-state index contributed by atoms with van der Waals surface area (Å²) in [5, 5.41) is 9.39. The van der Waals surface area contributed by atoms with Gasteiger partial charge in [0.1, 0.15) is 6.67 Å². The third-order valence-electron chi connectivity index (χ3n) is 2.61. The average molecular weight is 204 g/mol. The number of alkyl halides is 1. The van der Waals surface area contributed by atoms with Gasteiger partial charge in [-0.3, -0.25) is 0 Å². The maximum atomic E-state index is 12.2. The van der Waals surface area contributed by atoms with E-state index in [4.69, 9.17) is 0 Å². The highest BCUT2D eigenvalue weighted by atomic mass is 19.1. The first kappa shape index (κ1) is 13.9. The Morgan fingerprint density at radius 2 is 1.50 bits per heavy atom. The van der Waals surface area contributed by atoms with E-state index in [1.807, 2.05) is 0 Å². The van der Waals surface area contributed by atoms with Gasteiger partial charge in [-0.2, -0.15) is 0 Å². The molecule has 14 heavy (non-hydrogen) atoms. The second-order valence-electron chi connectivity index (χ2n) is 4.50. The van der Waals surface area contributed by atoms with Crippen LogP contribution < -0.4 is 0 Å². The van der Waals surface area contributed by atoms with Gasteiger partial charge in [-0.05, 0) is 13.3 Å². The molecule has 1 N–H and O–H groups in total. The molecule has 2 heteroatoms. The summed E-state index contributed by atoms with van der Waals surface area (Å²) < 4.78 is 12.2. The first-order valence-electron chi connectivity index (χ1n) is 5.91. The first-order valence-corrected chi connectivity index (χ1v) is 5.91. The maximum Gasteiger partial charge on any atom is 0.118 e. The summed E-state index contributed by atoms with van der Waals surface area (Å²) in [5.41, 5.74) is -1.08. The van der Waals surface area contributed by atoms with Gasteiger partial charge in [0.25, 0.3) is 0 Å². The van der Waals surface area contributed by atoms with Gasteiger partial charge < -0.3 is 5.11 Å². The van der Waals surface area contributed by atoms with E-state index in [-0.39, 0.29) is 0 Å². The minimum absolute atomic E-state index is 0.595. The molecule has 0 rings (SSSR count). The predicted molar refractivity (Wildman–Crippen MR) is 59.2 cm³/mol. The van der Waals surface area contributed by atoms with Crippen LogP contribution in [0.3, 0.4) is 0 Å². The Balaban J connectivity index is 3.13. The zero-order chi connectivity index (χ0) is 10.9. The Kier molecular flexibility index (Phi) is 8.15. The molecule has 0 aliphatic heterocycles. The molecule has 0 aromatic heterocycles. The summed E-state index contributed by atoms with van der Waals surface area (Å²) in [6, 6.07) is 0. The lowest BCUT2D eigenvalue weighted by Crippen LogP contribution is -2.26. The normalized spacial score (nSPS) is 15.4. The SMILES string of the molecule is CCCCCCCCCC(C)(O)CF. The van der Waals surface area contributed by atoms with E-state index < -0.39 is 12.3 Å². The molecule has 0 amide bonds. The fourth-order valence-corrected chi connectivity index (χ4v) is 1.53. The lowest BCUT2D eigenvalue weighted by molar-refractivity contribution is 0.0230. The highest BCUT2D eigenvalue weighted by Crippen LogP contribution is 2.16. The van der Waals surface area contributed by atoms with E-state index in [0.717, 1.165) is 12.8 Å². The number of hydrogen-bond donors (Lipinski definition) is 1. The number of rotatable bonds is 9. The van der Waals surface area contributed by atoms with Crippen LogP contribution in [0.25, 0.3) is 0 Å². The van der Waals surface area contributed by atoms with E-state index >= 15 is 0 Å². The molecular weight excluding hydrogens is 179 g/mol. The highest BCUT2D eigenvalue weighted by Gasteiger charge is 2.18. The molecule has 0 spiro atoms. The van der Waals surface area contributed by atoms with Crippen LogP contribution in [-0.2, 0) is 0 Å². The Bertz CT molecular complexity index is 123. The second-order valence-corrected chi connectivity index (χ2v) is 4.50. The molecule has 0 aromatic carbocycles. The van der Waals surface area contributed by atoms with Gasteiger partial charge in [0.05, 0.1) is 5.60 Å². The number of halogens is 1. The van der Waals surface area contributed by atoms with Crippen molar-refractivity contribution in [3.63, 3.8) is 0 Å². The summed E-state index contributed by atoms with van der Waals surface area (Å²) in [7, 11) is 0. The number of unbranched alkanes of at least 4 members (excludes halogenated alkanes) is 6. The molecular formula is C12H25FO. The van der Waals surface area contributed by atoms with Crippen molar-refractivity contribution in [1.82, 2.24) is 0 Å². The monoisotopic (exact) mass is 204 g/mol. The third-order valence-corrected chi connectivity index (χ3v) is 2.61. The van der Waals surface area contributed by atoms with Crippen LogP contribution in [0.5, 0.6) is 0 Å². The van der Waals surface area contributed by atoms with E-state index in [0.29, 0.717) is 6.42 Å². The van der Waals surface area contributed by atoms with E-state index in [1.165, 1.54) is 32.1 Å². The van der Waals surface area contributed by atoms with Gasteiger partial charge in [-0.25, -0.2) is 4.39 Å². The summed E-state index contributed by atoms with van der Waals surface area (Å²) in [6.07, 6.45) is 9.09. The molecule has 86 valence electrons. The average Bonchev–Trinajstić information content (AvgIpc) is 2.16. The molecule has 0 radical (unpaired) electrons. The molecule has 1 unspecified atom stereocenters. The van der Waals surface area contributed by atoms with E-state index in [2.05, 4.69) is 6.92 Å². The first-order chi connectivity index (χ1) is 6.62. The van der Waals surface area contributed by atoms with Crippen molar-refractivity contribution in [2.75, 3.05) is 6.67 Å². The van der Waals surface area contributed by atoms with Gasteiger partial charge in [0, 0.05) is 0 Å². The van der Waals surface area contributed by atoms with Crippen molar-refractivity contribution in [3.05, 3.63) is 0 Å². The lowest BCUT2D eigenvalue weighted by Gasteiger charge is -2.18. The smallest absolute Gasteiger partial charge is 0.118 e. The highest BCUT2D eigenvalue weighted by molar-refractivity contribution is 4.70. The Morgan fingerprint density at radius 3 is 2.00 bits per heavy atom. The van der Waals surface area contributed by atoms with Gasteiger partial charge in [-0.1, -0.05) is 51.9 Å². The van der Waals surface area contributed by atoms with Crippen LogP contribution in [-0.4, -0.2) is 17.4 Å². The second kappa shape index (κ2) is 8.22. The molecule has 1 nitrogen and oxygen atoms in total. The predicted octanol–water partition coefficient (Wildman–Crippen LogP) is 3.85. The van der Waals surface area contributed by atoms with Crippen LogP contribution in [0.15, 0.2) is 0 Å². The van der Waals surface area contributed by atoms with Crippen molar-refractivity contribution in [2.45, 2.75) is 70.8 Å². The fraction of sp³-hybridized carbons (Fsp3) is 1.00. The van der Waals surface area contributed by atoms with Crippen molar-refractivity contribution < 1.29 is 9.50 Å². The van der Waals surface area contributed by atoms with E-state index in [1.54, 1.807) is 6.92 Å². The molecule has 0 aliphatic carbocycles. The van der Waals surface area contributed by atoms with Crippen LogP contribution >= 0.6 is 0 Å². The van der Waals surface area contributed by atoms with Crippen molar-refractivity contribution >= 4 is 0 Å². The zero-order valence-corrected chi connectivity index (χ0v) is 9.69. The molecule has 0 bridgehead atoms. The largest absolute Gasteiger partial charge is 0.387 e. The Labute approximate surface area is 87.7 Å². The van der Waals surface area contributed by atoms with Crippen molar-refractivity contribution in [3.8, 4) is 0 Å². The van der Waals surface area contributed by atoms with Gasteiger partial charge in [0.2, 0.25) is 0 Å². The van der Waals surface area contributed by atoms with E-state index in [9.17, 15) is 9.50 Å². The van der Waals surface area contributed by atoms with Crippen LogP contribution in [0, 0.1) is 0 Å². The minimum atomic E-state index is -1.08. The quantitative estimate of drug-likeness (QED) is 0.566. The van der Waals surface area contributed by atoms with Crippen molar-refractivity contribution in [1.29, 1.82) is 0 Å². The molecule has 0 heterocycles. The number of hydrogen-bond acceptors (Lipinski definition) is 1.